The number of carbonyl (C=O) groups is 2. The summed E-state index contributed by atoms with van der Waals surface area (Å²) in [6.45, 7) is 3.80. The molecule has 0 aliphatic heterocycles. The van der Waals surface area contributed by atoms with Gasteiger partial charge in [-0.3, -0.25) is 14.2 Å². The Morgan fingerprint density at radius 3 is 1.74 bits per heavy atom. The van der Waals surface area contributed by atoms with Gasteiger partial charge in [0.2, 0.25) is 0 Å². The molecule has 0 amide bonds. The Labute approximate surface area is 370 Å². The lowest BCUT2D eigenvalue weighted by Gasteiger charge is -2.28. The van der Waals surface area contributed by atoms with Gasteiger partial charge in [-0.25, -0.2) is 0 Å². The fourth-order valence-corrected chi connectivity index (χ4v) is 5.77. The summed E-state index contributed by atoms with van der Waals surface area (Å²) in [6.07, 6.45) is 52.7. The average Bonchev–Trinajstić information content (AvgIpc) is 3.21. The van der Waals surface area contributed by atoms with Crippen molar-refractivity contribution in [3.05, 3.63) is 122 Å². The van der Waals surface area contributed by atoms with Crippen LogP contribution in [-0.2, 0) is 32.7 Å². The molecule has 0 radical (unpaired) electrons. The van der Waals surface area contributed by atoms with Crippen molar-refractivity contribution < 1.29 is 47.2 Å². The summed E-state index contributed by atoms with van der Waals surface area (Å²) in [7, 11) is 1.03. The third-order valence-corrected chi connectivity index (χ3v) is 9.52. The molecule has 0 saturated heterocycles. The molecule has 3 atom stereocenters. The van der Waals surface area contributed by atoms with E-state index >= 15 is 0 Å². The first kappa shape index (κ1) is 57.4. The summed E-state index contributed by atoms with van der Waals surface area (Å²) in [5.74, 6) is -1.05. The van der Waals surface area contributed by atoms with E-state index in [0.29, 0.717) is 43.1 Å². The maximum atomic E-state index is 12.7. The highest BCUT2D eigenvalue weighted by molar-refractivity contribution is 7.45. The lowest BCUT2D eigenvalue weighted by molar-refractivity contribution is -0.870. The first-order valence-electron chi connectivity index (χ1n) is 22.4. The standard InChI is InChI=1S/C50H80NO9P/c1-6-8-10-12-14-15-16-17-18-19-20-21-22-23-24-25-29-34-38-42-50(54)60-48(46-59-61(55,56)58-44-43-51(3,4)5)45-57-49(53)41-37-33-30-26-28-32-36-40-47(52)39-35-31-27-13-11-9-7-2/h8,10,14-15,17-18,20-21,23-24,26-27,29-32,34-36,39,47-48,52H,6-7,9,11-13,16,19,22,25,28,33,37-38,40-46H2,1-5H3/b10-8-,15-14-,18-17-,21-20-,24-23-,30-26+,31-27-,34-29-,36-32-,39-35-/t47-,48-/m1/s1. The number of unbranched alkanes of at least 4 members (excludes halogenated alkanes) is 4. The molecule has 0 aromatic heterocycles. The predicted molar refractivity (Wildman–Crippen MR) is 250 cm³/mol. The topological polar surface area (TPSA) is 131 Å². The highest BCUT2D eigenvalue weighted by Crippen LogP contribution is 2.38. The molecule has 0 aromatic rings. The number of aliphatic hydroxyl groups excluding tert-OH is 1. The maximum Gasteiger partial charge on any atom is 0.306 e. The highest BCUT2D eigenvalue weighted by atomic mass is 31.2. The number of allylic oxidation sites excluding steroid dienone is 18. The van der Waals surface area contributed by atoms with Crippen LogP contribution in [0.25, 0.3) is 0 Å². The summed E-state index contributed by atoms with van der Waals surface area (Å²) in [4.78, 5) is 37.5. The minimum absolute atomic E-state index is 0.0671. The molecule has 0 aromatic carbocycles. The van der Waals surface area contributed by atoms with Gasteiger partial charge in [-0.15, -0.1) is 0 Å². The van der Waals surface area contributed by atoms with Crippen LogP contribution in [0.1, 0.15) is 123 Å². The number of phosphoric acid groups is 1. The van der Waals surface area contributed by atoms with Crippen molar-refractivity contribution >= 4 is 19.8 Å². The molecule has 344 valence electrons. The van der Waals surface area contributed by atoms with Crippen molar-refractivity contribution in [1.82, 2.24) is 0 Å². The van der Waals surface area contributed by atoms with Crippen molar-refractivity contribution in [2.24, 2.45) is 0 Å². The number of nitrogens with zero attached hydrogens (tertiary/aromatic N) is 1. The van der Waals surface area contributed by atoms with E-state index in [0.717, 1.165) is 44.9 Å². The molecule has 0 saturated carbocycles. The molecular formula is C50H80NO9P. The van der Waals surface area contributed by atoms with Crippen molar-refractivity contribution in [2.45, 2.75) is 135 Å². The van der Waals surface area contributed by atoms with Crippen LogP contribution >= 0.6 is 7.82 Å². The van der Waals surface area contributed by atoms with Gasteiger partial charge in [0.1, 0.15) is 19.8 Å². The zero-order chi connectivity index (χ0) is 45.1. The second-order valence-electron chi connectivity index (χ2n) is 15.5. The van der Waals surface area contributed by atoms with Crippen LogP contribution in [-0.4, -0.2) is 81.2 Å². The van der Waals surface area contributed by atoms with Gasteiger partial charge >= 0.3 is 11.9 Å². The van der Waals surface area contributed by atoms with Gasteiger partial charge in [-0.2, -0.15) is 0 Å². The SMILES string of the molecule is CC/C=C\C/C=C\C/C=C\C/C=C\C/C=C\C/C=C\CCC(=O)O[C@H](COC(=O)CCC/C=C/C/C=C\C[C@H](O)/C=C\C=C/CCCCC)COP(=O)([O-])OCC[N+](C)(C)C. The molecule has 10 nitrogen and oxygen atoms in total. The number of aliphatic hydroxyl groups is 1. The molecule has 1 N–H and O–H groups in total. The summed E-state index contributed by atoms with van der Waals surface area (Å²) in [5.41, 5.74) is 0. The van der Waals surface area contributed by atoms with E-state index in [1.54, 1.807) is 6.08 Å². The quantitative estimate of drug-likeness (QED) is 0.0161. The van der Waals surface area contributed by atoms with E-state index in [1.807, 2.05) is 69.8 Å². The largest absolute Gasteiger partial charge is 0.756 e. The van der Waals surface area contributed by atoms with Gasteiger partial charge in [-0.05, 0) is 83.5 Å². The number of rotatable bonds is 38. The smallest absolute Gasteiger partial charge is 0.306 e. The Balaban J connectivity index is 4.65. The van der Waals surface area contributed by atoms with Crippen LogP contribution in [0.15, 0.2) is 122 Å². The third kappa shape index (κ3) is 44.2. The highest BCUT2D eigenvalue weighted by Gasteiger charge is 2.21. The summed E-state index contributed by atoms with van der Waals surface area (Å²) in [6, 6.07) is 0. The van der Waals surface area contributed by atoms with Gasteiger partial charge in [0.05, 0.1) is 33.9 Å². The first-order chi connectivity index (χ1) is 29.4. The third-order valence-electron chi connectivity index (χ3n) is 8.56. The van der Waals surface area contributed by atoms with E-state index in [2.05, 4.69) is 80.7 Å². The van der Waals surface area contributed by atoms with Crippen molar-refractivity contribution in [1.29, 1.82) is 0 Å². The second-order valence-corrected chi connectivity index (χ2v) is 16.9. The molecule has 0 aliphatic rings. The summed E-state index contributed by atoms with van der Waals surface area (Å²) < 4.78 is 33.7. The van der Waals surface area contributed by atoms with Crippen LogP contribution in [0, 0.1) is 0 Å². The molecular weight excluding hydrogens is 790 g/mol. The van der Waals surface area contributed by atoms with Crippen LogP contribution < -0.4 is 4.89 Å². The lowest BCUT2D eigenvalue weighted by Crippen LogP contribution is -2.37. The number of carbonyl (C=O) groups excluding carboxylic acids is 2. The molecule has 61 heavy (non-hydrogen) atoms. The monoisotopic (exact) mass is 870 g/mol. The van der Waals surface area contributed by atoms with E-state index < -0.39 is 38.6 Å². The maximum absolute atomic E-state index is 12.7. The molecule has 11 heteroatoms. The van der Waals surface area contributed by atoms with Crippen molar-refractivity contribution in [3.8, 4) is 0 Å². The fourth-order valence-electron chi connectivity index (χ4n) is 5.04. The summed E-state index contributed by atoms with van der Waals surface area (Å²) >= 11 is 0. The van der Waals surface area contributed by atoms with E-state index in [4.69, 9.17) is 18.5 Å². The second kappa shape index (κ2) is 40.4. The fraction of sp³-hybridized carbons (Fsp3) is 0.560. The lowest BCUT2D eigenvalue weighted by atomic mass is 10.2. The number of esters is 2. The number of hydrogen-bond acceptors (Lipinski definition) is 9. The number of hydrogen-bond donors (Lipinski definition) is 1. The van der Waals surface area contributed by atoms with E-state index in [9.17, 15) is 24.2 Å². The molecule has 0 aliphatic carbocycles. The molecule has 1 unspecified atom stereocenters. The Kier molecular flexibility index (Phi) is 38.0. The Morgan fingerprint density at radius 1 is 0.623 bits per heavy atom. The van der Waals surface area contributed by atoms with Gasteiger partial charge in [0.25, 0.3) is 7.82 Å². The molecule has 0 bridgehead atoms. The van der Waals surface area contributed by atoms with Gasteiger partial charge < -0.3 is 33.0 Å². The number of likely N-dealkylation sites (N-methyl/N-ethyl adjacent to an activating group) is 1. The summed E-state index contributed by atoms with van der Waals surface area (Å²) in [5, 5.41) is 10.1. The zero-order valence-electron chi connectivity index (χ0n) is 38.2. The van der Waals surface area contributed by atoms with Gasteiger partial charge in [-0.1, -0.05) is 148 Å². The minimum atomic E-state index is -4.68. The predicted octanol–water partition coefficient (Wildman–Crippen LogP) is 11.2. The Hall–Kier alpha value is -3.63. The van der Waals surface area contributed by atoms with Crippen LogP contribution in [0.2, 0.25) is 0 Å². The van der Waals surface area contributed by atoms with Crippen LogP contribution in [0.4, 0.5) is 0 Å². The number of quaternary nitrogens is 1. The normalized spacial score (nSPS) is 15.2. The molecule has 0 fully saturated rings. The number of phosphoric ester groups is 1. The van der Waals surface area contributed by atoms with Gasteiger partial charge in [0, 0.05) is 12.8 Å². The van der Waals surface area contributed by atoms with Gasteiger partial charge in [0.15, 0.2) is 6.10 Å². The minimum Gasteiger partial charge on any atom is -0.756 e. The van der Waals surface area contributed by atoms with Crippen LogP contribution in [0.5, 0.6) is 0 Å². The van der Waals surface area contributed by atoms with E-state index in [1.165, 1.54) is 19.3 Å². The first-order valence-corrected chi connectivity index (χ1v) is 23.8. The Morgan fingerprint density at radius 2 is 1.16 bits per heavy atom. The Bertz CT molecular complexity index is 1460. The van der Waals surface area contributed by atoms with Crippen molar-refractivity contribution in [3.63, 3.8) is 0 Å². The van der Waals surface area contributed by atoms with Crippen molar-refractivity contribution in [2.75, 3.05) is 47.5 Å². The molecule has 0 heterocycles. The molecule has 0 rings (SSSR count). The average molecular weight is 870 g/mol. The van der Waals surface area contributed by atoms with E-state index in [-0.39, 0.29) is 26.1 Å². The number of ether oxygens (including phenoxy) is 2. The molecule has 0 spiro atoms. The van der Waals surface area contributed by atoms with Crippen LogP contribution in [0.3, 0.4) is 0 Å². The zero-order valence-corrected chi connectivity index (χ0v) is 39.1.